The van der Waals surface area contributed by atoms with Crippen molar-refractivity contribution in [1.82, 2.24) is 0 Å². The second kappa shape index (κ2) is 10.1. The normalized spacial score (nSPS) is 10.6. The molecule has 0 heterocycles. The fourth-order valence-electron chi connectivity index (χ4n) is 2.71. The van der Waals surface area contributed by atoms with Crippen molar-refractivity contribution in [2.75, 3.05) is 17.2 Å². The van der Waals surface area contributed by atoms with E-state index < -0.39 is 11.7 Å². The largest absolute Gasteiger partial charge is 0.493 e. The van der Waals surface area contributed by atoms with Crippen LogP contribution in [0.25, 0.3) is 0 Å². The van der Waals surface area contributed by atoms with Gasteiger partial charge < -0.3 is 15.4 Å². The molecule has 0 aliphatic carbocycles. The van der Waals surface area contributed by atoms with E-state index in [9.17, 15) is 14.0 Å². The van der Waals surface area contributed by atoms with Crippen molar-refractivity contribution in [2.24, 2.45) is 5.92 Å². The Morgan fingerprint density at radius 3 is 2.16 bits per heavy atom. The molecule has 31 heavy (non-hydrogen) atoms. The van der Waals surface area contributed by atoms with Gasteiger partial charge in [-0.3, -0.25) is 9.59 Å². The molecule has 0 fully saturated rings. The molecule has 0 unspecified atom stereocenters. The summed E-state index contributed by atoms with van der Waals surface area (Å²) in [6, 6.07) is 17.3. The van der Waals surface area contributed by atoms with Crippen LogP contribution < -0.4 is 15.4 Å². The van der Waals surface area contributed by atoms with E-state index in [0.717, 1.165) is 0 Å². The van der Waals surface area contributed by atoms with Crippen LogP contribution in [0, 0.1) is 11.7 Å². The molecule has 0 spiro atoms. The molecular formula is C24H22ClFN2O3. The first-order valence-electron chi connectivity index (χ1n) is 9.72. The Hall–Kier alpha value is -3.38. The molecule has 2 amide bonds. The van der Waals surface area contributed by atoms with E-state index in [1.165, 1.54) is 18.2 Å². The Bertz CT molecular complexity index is 1100. The van der Waals surface area contributed by atoms with E-state index in [-0.39, 0.29) is 10.9 Å². The van der Waals surface area contributed by atoms with Crippen molar-refractivity contribution >= 4 is 34.8 Å². The summed E-state index contributed by atoms with van der Waals surface area (Å²) in [5, 5.41) is 5.35. The predicted octanol–water partition coefficient (Wildman–Crippen LogP) is 6.02. The molecule has 2 N–H and O–H groups in total. The van der Waals surface area contributed by atoms with Crippen LogP contribution in [0.4, 0.5) is 15.8 Å². The van der Waals surface area contributed by atoms with Crippen LogP contribution in [0.5, 0.6) is 5.75 Å². The molecule has 3 aromatic carbocycles. The zero-order valence-corrected chi connectivity index (χ0v) is 17.9. The zero-order valence-electron chi connectivity index (χ0n) is 17.1. The SMILES string of the molecule is CC(C)COc1cccc(C(=O)Nc2cccc(C(=O)Nc3ccc(F)c(Cl)c3)c2)c1. The van der Waals surface area contributed by atoms with Gasteiger partial charge in [-0.1, -0.05) is 37.6 Å². The molecule has 0 bridgehead atoms. The number of rotatable bonds is 7. The molecule has 3 aromatic rings. The lowest BCUT2D eigenvalue weighted by molar-refractivity contribution is 0.101. The monoisotopic (exact) mass is 440 g/mol. The van der Waals surface area contributed by atoms with E-state index in [2.05, 4.69) is 10.6 Å². The summed E-state index contributed by atoms with van der Waals surface area (Å²) >= 11 is 5.75. The molecule has 0 atom stereocenters. The number of ether oxygens (including phenoxy) is 1. The third-order valence-electron chi connectivity index (χ3n) is 4.24. The standard InChI is InChI=1S/C24H22ClFN2O3/c1-15(2)14-31-20-8-4-6-17(12-20)24(30)27-18-7-3-5-16(11-18)23(29)28-19-9-10-22(26)21(25)13-19/h3-13,15H,14H2,1-2H3,(H,27,30)(H,28,29). The molecule has 3 rings (SSSR count). The van der Waals surface area contributed by atoms with E-state index in [4.69, 9.17) is 16.3 Å². The maximum Gasteiger partial charge on any atom is 0.255 e. The molecule has 0 saturated carbocycles. The number of benzene rings is 3. The zero-order chi connectivity index (χ0) is 22.4. The van der Waals surface area contributed by atoms with Crippen molar-refractivity contribution < 1.29 is 18.7 Å². The first-order valence-corrected chi connectivity index (χ1v) is 10.1. The van der Waals surface area contributed by atoms with Gasteiger partial charge in [0.1, 0.15) is 11.6 Å². The number of amides is 2. The maximum atomic E-state index is 13.3. The van der Waals surface area contributed by atoms with Gasteiger partial charge in [-0.25, -0.2) is 4.39 Å². The summed E-state index contributed by atoms with van der Waals surface area (Å²) < 4.78 is 18.9. The van der Waals surface area contributed by atoms with Crippen molar-refractivity contribution in [3.8, 4) is 5.75 Å². The summed E-state index contributed by atoms with van der Waals surface area (Å²) in [5.41, 5.74) is 1.59. The van der Waals surface area contributed by atoms with Gasteiger partial charge in [-0.15, -0.1) is 0 Å². The molecule has 0 radical (unpaired) electrons. The van der Waals surface area contributed by atoms with Crippen molar-refractivity contribution in [3.63, 3.8) is 0 Å². The number of carbonyl (C=O) groups is 2. The van der Waals surface area contributed by atoms with Gasteiger partial charge in [-0.2, -0.15) is 0 Å². The molecular weight excluding hydrogens is 419 g/mol. The van der Waals surface area contributed by atoms with Crippen LogP contribution >= 0.6 is 11.6 Å². The third-order valence-corrected chi connectivity index (χ3v) is 4.53. The molecule has 7 heteroatoms. The topological polar surface area (TPSA) is 67.4 Å². The minimum atomic E-state index is -0.567. The quantitative estimate of drug-likeness (QED) is 0.472. The van der Waals surface area contributed by atoms with Gasteiger partial charge in [-0.05, 0) is 60.5 Å². The third kappa shape index (κ3) is 6.30. The van der Waals surface area contributed by atoms with Gasteiger partial charge in [0.2, 0.25) is 0 Å². The Kier molecular flexibility index (Phi) is 7.26. The summed E-state index contributed by atoms with van der Waals surface area (Å²) in [6.45, 7) is 4.65. The fraction of sp³-hybridized carbons (Fsp3) is 0.167. The van der Waals surface area contributed by atoms with E-state index in [1.807, 2.05) is 13.8 Å². The molecule has 5 nitrogen and oxygen atoms in total. The van der Waals surface area contributed by atoms with Gasteiger partial charge in [0.25, 0.3) is 11.8 Å². The molecule has 0 aliphatic heterocycles. The van der Waals surface area contributed by atoms with E-state index in [0.29, 0.717) is 40.8 Å². The van der Waals surface area contributed by atoms with Gasteiger partial charge in [0, 0.05) is 22.5 Å². The lowest BCUT2D eigenvalue weighted by atomic mass is 10.1. The smallest absolute Gasteiger partial charge is 0.255 e. The molecule has 0 saturated heterocycles. The number of hydrogen-bond acceptors (Lipinski definition) is 3. The van der Waals surface area contributed by atoms with Crippen LogP contribution in [0.3, 0.4) is 0 Å². The van der Waals surface area contributed by atoms with Crippen LogP contribution in [0.15, 0.2) is 66.7 Å². The minimum Gasteiger partial charge on any atom is -0.493 e. The lowest BCUT2D eigenvalue weighted by Gasteiger charge is -2.11. The Morgan fingerprint density at radius 1 is 0.903 bits per heavy atom. The minimum absolute atomic E-state index is 0.0848. The highest BCUT2D eigenvalue weighted by Crippen LogP contribution is 2.21. The number of carbonyl (C=O) groups excluding carboxylic acids is 2. The number of nitrogens with one attached hydrogen (secondary N) is 2. The molecule has 160 valence electrons. The van der Waals surface area contributed by atoms with Crippen LogP contribution in [-0.4, -0.2) is 18.4 Å². The van der Waals surface area contributed by atoms with Gasteiger partial charge in [0.05, 0.1) is 11.6 Å². The summed E-state index contributed by atoms with van der Waals surface area (Å²) in [6.07, 6.45) is 0. The molecule has 0 aliphatic rings. The lowest BCUT2D eigenvalue weighted by Crippen LogP contribution is -2.15. The average molecular weight is 441 g/mol. The Balaban J connectivity index is 1.68. The van der Waals surface area contributed by atoms with E-state index >= 15 is 0 Å². The maximum absolute atomic E-state index is 13.3. The second-order valence-electron chi connectivity index (χ2n) is 7.35. The number of hydrogen-bond donors (Lipinski definition) is 2. The Morgan fingerprint density at radius 2 is 1.52 bits per heavy atom. The number of halogens is 2. The van der Waals surface area contributed by atoms with Gasteiger partial charge >= 0.3 is 0 Å². The summed E-state index contributed by atoms with van der Waals surface area (Å²) in [5.74, 6) is -0.312. The van der Waals surface area contributed by atoms with Crippen LogP contribution in [0.2, 0.25) is 5.02 Å². The molecule has 0 aromatic heterocycles. The van der Waals surface area contributed by atoms with Crippen molar-refractivity contribution in [2.45, 2.75) is 13.8 Å². The van der Waals surface area contributed by atoms with Crippen LogP contribution in [0.1, 0.15) is 34.6 Å². The van der Waals surface area contributed by atoms with Crippen LogP contribution in [-0.2, 0) is 0 Å². The second-order valence-corrected chi connectivity index (χ2v) is 7.76. The fourth-order valence-corrected chi connectivity index (χ4v) is 2.89. The highest BCUT2D eigenvalue weighted by Gasteiger charge is 2.11. The van der Waals surface area contributed by atoms with Crippen molar-refractivity contribution in [3.05, 3.63) is 88.7 Å². The van der Waals surface area contributed by atoms with Gasteiger partial charge in [0.15, 0.2) is 0 Å². The van der Waals surface area contributed by atoms with E-state index in [1.54, 1.807) is 48.5 Å². The number of anilines is 2. The first-order chi connectivity index (χ1) is 14.8. The highest BCUT2D eigenvalue weighted by atomic mass is 35.5. The first kappa shape index (κ1) is 22.3. The highest BCUT2D eigenvalue weighted by molar-refractivity contribution is 6.31. The predicted molar refractivity (Wildman–Crippen MR) is 121 cm³/mol. The summed E-state index contributed by atoms with van der Waals surface area (Å²) in [4.78, 5) is 25.1. The Labute approximate surface area is 185 Å². The van der Waals surface area contributed by atoms with Crippen molar-refractivity contribution in [1.29, 1.82) is 0 Å². The average Bonchev–Trinajstić information content (AvgIpc) is 2.75. The summed E-state index contributed by atoms with van der Waals surface area (Å²) in [7, 11) is 0.